The van der Waals surface area contributed by atoms with Gasteiger partial charge in [-0.15, -0.1) is 0 Å². The van der Waals surface area contributed by atoms with Crippen molar-refractivity contribution in [1.29, 1.82) is 0 Å². The number of methoxy groups -OCH3 is 1. The molecule has 0 radical (unpaired) electrons. The number of aryl methyl sites for hydroxylation is 1. The SMILES string of the molecule is COc1cc(C)cc(C(=O)[C@H]2C(C)C(C(N)=O)C[C@H]3C(C)(C)CCC[C@]23C)c1. The minimum atomic E-state index is -0.268. The van der Waals surface area contributed by atoms with Crippen LogP contribution in [0.5, 0.6) is 5.75 Å². The van der Waals surface area contributed by atoms with Crippen LogP contribution in [-0.4, -0.2) is 18.8 Å². The maximum absolute atomic E-state index is 13.9. The van der Waals surface area contributed by atoms with Crippen molar-refractivity contribution in [2.24, 2.45) is 40.2 Å². The molecule has 0 spiro atoms. The van der Waals surface area contributed by atoms with Crippen molar-refractivity contribution < 1.29 is 14.3 Å². The summed E-state index contributed by atoms with van der Waals surface area (Å²) in [6, 6.07) is 5.71. The number of carbonyl (C=O) groups excluding carboxylic acids is 2. The fraction of sp³-hybridized carbons (Fsp3) is 0.667. The van der Waals surface area contributed by atoms with Crippen LogP contribution in [0.1, 0.15) is 69.3 Å². The first kappa shape index (κ1) is 20.9. The number of rotatable bonds is 4. The molecule has 1 amide bonds. The summed E-state index contributed by atoms with van der Waals surface area (Å²) >= 11 is 0. The minimum absolute atomic E-state index is 0.0633. The van der Waals surface area contributed by atoms with Crippen molar-refractivity contribution in [3.63, 3.8) is 0 Å². The highest BCUT2D eigenvalue weighted by molar-refractivity contribution is 5.99. The zero-order chi connectivity index (χ0) is 20.9. The number of ketones is 1. The normalized spacial score (nSPS) is 34.4. The summed E-state index contributed by atoms with van der Waals surface area (Å²) < 4.78 is 5.40. The molecule has 2 fully saturated rings. The highest BCUT2D eigenvalue weighted by Gasteiger charge is 2.59. The van der Waals surface area contributed by atoms with E-state index in [4.69, 9.17) is 10.5 Å². The maximum atomic E-state index is 13.9. The van der Waals surface area contributed by atoms with E-state index in [0.717, 1.165) is 31.2 Å². The van der Waals surface area contributed by atoms with Crippen molar-refractivity contribution in [2.75, 3.05) is 7.11 Å². The minimum Gasteiger partial charge on any atom is -0.497 e. The molecular weight excluding hydrogens is 350 g/mol. The Balaban J connectivity index is 2.10. The topological polar surface area (TPSA) is 69.4 Å². The molecule has 0 saturated heterocycles. The van der Waals surface area contributed by atoms with E-state index < -0.39 is 0 Å². The van der Waals surface area contributed by atoms with Gasteiger partial charge in [0.2, 0.25) is 5.91 Å². The second kappa shape index (κ2) is 7.20. The molecule has 3 rings (SSSR count). The first-order chi connectivity index (χ1) is 13.0. The number of primary amides is 1. The summed E-state index contributed by atoms with van der Waals surface area (Å²) in [6.07, 6.45) is 4.07. The second-order valence-corrected chi connectivity index (χ2v) is 10.1. The molecule has 2 aliphatic carbocycles. The number of amides is 1. The molecule has 154 valence electrons. The number of hydrogen-bond donors (Lipinski definition) is 1. The zero-order valence-corrected chi connectivity index (χ0v) is 18.2. The van der Waals surface area contributed by atoms with Crippen LogP contribution in [0, 0.1) is 41.4 Å². The molecule has 2 aliphatic rings. The van der Waals surface area contributed by atoms with E-state index in [1.54, 1.807) is 7.11 Å². The Hall–Kier alpha value is -1.84. The van der Waals surface area contributed by atoms with Crippen LogP contribution in [0.3, 0.4) is 0 Å². The first-order valence-corrected chi connectivity index (χ1v) is 10.5. The highest BCUT2D eigenvalue weighted by Crippen LogP contribution is 2.62. The van der Waals surface area contributed by atoms with Gasteiger partial charge in [0, 0.05) is 17.4 Å². The van der Waals surface area contributed by atoms with Gasteiger partial charge in [0.15, 0.2) is 5.78 Å². The number of Topliss-reactive ketones (excluding diaryl/α,β-unsaturated/α-hetero) is 1. The monoisotopic (exact) mass is 385 g/mol. The van der Waals surface area contributed by atoms with Crippen LogP contribution in [-0.2, 0) is 4.79 Å². The average molecular weight is 386 g/mol. The van der Waals surface area contributed by atoms with Crippen LogP contribution >= 0.6 is 0 Å². The maximum Gasteiger partial charge on any atom is 0.220 e. The number of fused-ring (bicyclic) bond motifs is 1. The Kier molecular flexibility index (Phi) is 5.37. The quantitative estimate of drug-likeness (QED) is 0.759. The molecular formula is C24H35NO3. The summed E-state index contributed by atoms with van der Waals surface area (Å²) in [6.45, 7) is 10.9. The van der Waals surface area contributed by atoms with E-state index in [1.165, 1.54) is 0 Å². The summed E-state index contributed by atoms with van der Waals surface area (Å²) in [7, 11) is 1.62. The van der Waals surface area contributed by atoms with Gasteiger partial charge in [-0.3, -0.25) is 9.59 Å². The Bertz CT molecular complexity index is 784. The number of carbonyl (C=O) groups is 2. The van der Waals surface area contributed by atoms with Crippen molar-refractivity contribution >= 4 is 11.7 Å². The van der Waals surface area contributed by atoms with Gasteiger partial charge in [0.05, 0.1) is 7.11 Å². The molecule has 2 N–H and O–H groups in total. The molecule has 0 bridgehead atoms. The summed E-state index contributed by atoms with van der Waals surface area (Å²) in [5.74, 6) is 0.339. The van der Waals surface area contributed by atoms with Gasteiger partial charge >= 0.3 is 0 Å². The van der Waals surface area contributed by atoms with Gasteiger partial charge in [0.1, 0.15) is 5.75 Å². The third-order valence-corrected chi connectivity index (χ3v) is 7.86. The van der Waals surface area contributed by atoms with Crippen LogP contribution in [0.2, 0.25) is 0 Å². The van der Waals surface area contributed by atoms with Crippen LogP contribution < -0.4 is 10.5 Å². The van der Waals surface area contributed by atoms with E-state index in [0.29, 0.717) is 17.2 Å². The van der Waals surface area contributed by atoms with Gasteiger partial charge in [-0.05, 0) is 72.6 Å². The van der Waals surface area contributed by atoms with E-state index in [-0.39, 0.29) is 40.3 Å². The summed E-state index contributed by atoms with van der Waals surface area (Å²) in [5, 5.41) is 0. The molecule has 0 aromatic heterocycles. The lowest BCUT2D eigenvalue weighted by Gasteiger charge is -2.60. The molecule has 0 heterocycles. The lowest BCUT2D eigenvalue weighted by atomic mass is 9.44. The lowest BCUT2D eigenvalue weighted by Crippen LogP contribution is -2.57. The Labute approximate surface area is 169 Å². The van der Waals surface area contributed by atoms with Gasteiger partial charge in [0.25, 0.3) is 0 Å². The summed E-state index contributed by atoms with van der Waals surface area (Å²) in [5.41, 5.74) is 7.47. The Morgan fingerprint density at radius 1 is 1.14 bits per heavy atom. The third-order valence-electron chi connectivity index (χ3n) is 7.86. The molecule has 1 aromatic carbocycles. The molecule has 1 aromatic rings. The fourth-order valence-electron chi connectivity index (χ4n) is 6.53. The molecule has 28 heavy (non-hydrogen) atoms. The fourth-order valence-corrected chi connectivity index (χ4v) is 6.53. The molecule has 2 saturated carbocycles. The Morgan fingerprint density at radius 3 is 2.43 bits per heavy atom. The van der Waals surface area contributed by atoms with Crippen LogP contribution in [0.15, 0.2) is 18.2 Å². The van der Waals surface area contributed by atoms with Crippen LogP contribution in [0.4, 0.5) is 0 Å². The molecule has 5 atom stereocenters. The molecule has 4 heteroatoms. The van der Waals surface area contributed by atoms with Crippen molar-refractivity contribution in [3.05, 3.63) is 29.3 Å². The van der Waals surface area contributed by atoms with Crippen LogP contribution in [0.25, 0.3) is 0 Å². The van der Waals surface area contributed by atoms with E-state index in [2.05, 4.69) is 20.8 Å². The standard InChI is InChI=1S/C24H35NO3/c1-14-10-16(12-17(11-14)28-6)21(26)20-15(2)18(22(25)27)13-19-23(3,4)8-7-9-24(19,20)5/h10-12,15,18-20H,7-9,13H2,1-6H3,(H2,25,27)/t15?,18?,19-,20+,24-/m0/s1. The molecule has 2 unspecified atom stereocenters. The third kappa shape index (κ3) is 3.35. The smallest absolute Gasteiger partial charge is 0.220 e. The predicted octanol–water partition coefficient (Wildman–Crippen LogP) is 4.78. The van der Waals surface area contributed by atoms with Crippen molar-refractivity contribution in [3.8, 4) is 5.75 Å². The van der Waals surface area contributed by atoms with Gasteiger partial charge in [-0.1, -0.05) is 34.1 Å². The van der Waals surface area contributed by atoms with E-state index >= 15 is 0 Å². The number of ether oxygens (including phenoxy) is 1. The van der Waals surface area contributed by atoms with E-state index in [1.807, 2.05) is 32.0 Å². The van der Waals surface area contributed by atoms with Gasteiger partial charge in [-0.25, -0.2) is 0 Å². The van der Waals surface area contributed by atoms with Crippen molar-refractivity contribution in [2.45, 2.75) is 60.3 Å². The molecule has 4 nitrogen and oxygen atoms in total. The van der Waals surface area contributed by atoms with Crippen molar-refractivity contribution in [1.82, 2.24) is 0 Å². The highest BCUT2D eigenvalue weighted by atomic mass is 16.5. The number of benzene rings is 1. The zero-order valence-electron chi connectivity index (χ0n) is 18.2. The van der Waals surface area contributed by atoms with E-state index in [9.17, 15) is 9.59 Å². The van der Waals surface area contributed by atoms with Gasteiger partial charge in [-0.2, -0.15) is 0 Å². The Morgan fingerprint density at radius 2 is 1.82 bits per heavy atom. The largest absolute Gasteiger partial charge is 0.497 e. The first-order valence-electron chi connectivity index (χ1n) is 10.5. The predicted molar refractivity (Wildman–Crippen MR) is 111 cm³/mol. The number of nitrogens with two attached hydrogens (primary N) is 1. The van der Waals surface area contributed by atoms with Gasteiger partial charge < -0.3 is 10.5 Å². The average Bonchev–Trinajstić information content (AvgIpc) is 2.59. The summed E-state index contributed by atoms with van der Waals surface area (Å²) in [4.78, 5) is 26.2. The lowest BCUT2D eigenvalue weighted by molar-refractivity contribution is -0.138. The second-order valence-electron chi connectivity index (χ2n) is 10.1. The number of hydrogen-bond acceptors (Lipinski definition) is 3. The molecule has 0 aliphatic heterocycles.